The zero-order valence-corrected chi connectivity index (χ0v) is 18.7. The zero-order chi connectivity index (χ0) is 24.1. The second-order valence-corrected chi connectivity index (χ2v) is 9.23. The molecule has 1 aromatic heterocycles. The summed E-state index contributed by atoms with van der Waals surface area (Å²) in [7, 11) is -3.75. The SMILES string of the molecule is N#CCCNS(=O)(=O)c1ccc(C(=O)Nc2ccc3nc(Cc4ccccc4F)[nH]c3c2)cc1. The van der Waals surface area contributed by atoms with Crippen LogP contribution in [0.25, 0.3) is 11.0 Å². The number of aromatic amines is 1. The number of fused-ring (bicyclic) bond motifs is 1. The first-order valence-electron chi connectivity index (χ1n) is 10.4. The van der Waals surface area contributed by atoms with Crippen LogP contribution in [0.1, 0.15) is 28.2 Å². The van der Waals surface area contributed by atoms with Gasteiger partial charge < -0.3 is 10.3 Å². The third-order valence-corrected chi connectivity index (χ3v) is 6.54. The highest BCUT2D eigenvalue weighted by Crippen LogP contribution is 2.20. The van der Waals surface area contributed by atoms with Gasteiger partial charge in [-0.15, -0.1) is 0 Å². The smallest absolute Gasteiger partial charge is 0.255 e. The van der Waals surface area contributed by atoms with E-state index in [-0.39, 0.29) is 29.2 Å². The van der Waals surface area contributed by atoms with Crippen LogP contribution in [-0.2, 0) is 16.4 Å². The van der Waals surface area contributed by atoms with E-state index in [1.165, 1.54) is 30.3 Å². The van der Waals surface area contributed by atoms with Crippen LogP contribution in [0, 0.1) is 17.1 Å². The van der Waals surface area contributed by atoms with Crippen LogP contribution >= 0.6 is 0 Å². The van der Waals surface area contributed by atoms with Gasteiger partial charge in [-0.1, -0.05) is 18.2 Å². The maximum absolute atomic E-state index is 13.9. The number of H-pyrrole nitrogens is 1. The molecule has 3 N–H and O–H groups in total. The minimum atomic E-state index is -3.75. The Hall–Kier alpha value is -4.07. The summed E-state index contributed by atoms with van der Waals surface area (Å²) in [6.07, 6.45) is 0.370. The topological polar surface area (TPSA) is 128 Å². The monoisotopic (exact) mass is 477 g/mol. The third-order valence-electron chi connectivity index (χ3n) is 5.06. The standard InChI is InChI=1S/C24H20FN5O3S/c25-20-5-2-1-4-17(20)14-23-29-21-11-8-18(15-22(21)30-23)28-24(31)16-6-9-19(10-7-16)34(32,33)27-13-3-12-26/h1-2,4-11,15,27H,3,13-14H2,(H,28,31)(H,29,30). The molecule has 4 aromatic rings. The Labute approximate surface area is 195 Å². The number of carbonyl (C=O) groups is 1. The maximum atomic E-state index is 13.9. The number of hydrogen-bond acceptors (Lipinski definition) is 5. The first-order chi connectivity index (χ1) is 16.4. The Morgan fingerprint density at radius 3 is 2.59 bits per heavy atom. The number of amides is 1. The maximum Gasteiger partial charge on any atom is 0.255 e. The highest BCUT2D eigenvalue weighted by atomic mass is 32.2. The molecular weight excluding hydrogens is 457 g/mol. The predicted molar refractivity (Wildman–Crippen MR) is 125 cm³/mol. The van der Waals surface area contributed by atoms with Crippen molar-refractivity contribution in [1.29, 1.82) is 5.26 Å². The Morgan fingerprint density at radius 1 is 1.09 bits per heavy atom. The molecule has 0 unspecified atom stereocenters. The number of hydrogen-bond donors (Lipinski definition) is 3. The van der Waals surface area contributed by atoms with Crippen LogP contribution in [0.5, 0.6) is 0 Å². The lowest BCUT2D eigenvalue weighted by Crippen LogP contribution is -2.24. The Balaban J connectivity index is 1.45. The van der Waals surface area contributed by atoms with Crippen LogP contribution in [0.3, 0.4) is 0 Å². The minimum absolute atomic E-state index is 0.00301. The molecule has 1 heterocycles. The molecular formula is C24H20FN5O3S. The van der Waals surface area contributed by atoms with E-state index >= 15 is 0 Å². The van der Waals surface area contributed by atoms with Gasteiger partial charge in [0.2, 0.25) is 10.0 Å². The number of halogens is 1. The summed E-state index contributed by atoms with van der Waals surface area (Å²) in [6.45, 7) is 0.0130. The van der Waals surface area contributed by atoms with Crippen LogP contribution < -0.4 is 10.0 Å². The molecule has 0 aliphatic heterocycles. The summed E-state index contributed by atoms with van der Waals surface area (Å²) >= 11 is 0. The highest BCUT2D eigenvalue weighted by molar-refractivity contribution is 7.89. The van der Waals surface area contributed by atoms with Gasteiger partial charge in [0.25, 0.3) is 5.91 Å². The Kier molecular flexibility index (Phi) is 6.67. The van der Waals surface area contributed by atoms with Crippen LogP contribution in [0.4, 0.5) is 10.1 Å². The number of anilines is 1. The molecule has 172 valence electrons. The van der Waals surface area contributed by atoms with E-state index in [0.717, 1.165) is 0 Å². The van der Waals surface area contributed by atoms with Crippen molar-refractivity contribution in [2.24, 2.45) is 0 Å². The summed E-state index contributed by atoms with van der Waals surface area (Å²) in [5.74, 6) is -0.108. The van der Waals surface area contributed by atoms with Crippen molar-refractivity contribution >= 4 is 32.7 Å². The predicted octanol–water partition coefficient (Wildman–Crippen LogP) is 3.74. The second kappa shape index (κ2) is 9.82. The summed E-state index contributed by atoms with van der Waals surface area (Å²) in [5, 5.41) is 11.3. The highest BCUT2D eigenvalue weighted by Gasteiger charge is 2.15. The number of nitriles is 1. The number of rotatable bonds is 8. The molecule has 0 aliphatic rings. The second-order valence-electron chi connectivity index (χ2n) is 7.47. The van der Waals surface area contributed by atoms with Crippen molar-refractivity contribution < 1.29 is 17.6 Å². The number of carbonyl (C=O) groups excluding carboxylic acids is 1. The molecule has 0 bridgehead atoms. The number of nitrogens with one attached hydrogen (secondary N) is 3. The molecule has 8 nitrogen and oxygen atoms in total. The molecule has 10 heteroatoms. The third kappa shape index (κ3) is 5.28. The molecule has 0 radical (unpaired) electrons. The number of imidazole rings is 1. The van der Waals surface area contributed by atoms with Gasteiger partial charge in [-0.3, -0.25) is 4.79 Å². The van der Waals surface area contributed by atoms with E-state index in [9.17, 15) is 17.6 Å². The zero-order valence-electron chi connectivity index (χ0n) is 17.9. The van der Waals surface area contributed by atoms with Gasteiger partial charge in [-0.05, 0) is 54.1 Å². The van der Waals surface area contributed by atoms with E-state index in [4.69, 9.17) is 5.26 Å². The first kappa shape index (κ1) is 23.1. The lowest BCUT2D eigenvalue weighted by molar-refractivity contribution is 0.102. The van der Waals surface area contributed by atoms with E-state index in [2.05, 4.69) is 20.0 Å². The molecule has 4 rings (SSSR count). The van der Waals surface area contributed by atoms with E-state index < -0.39 is 15.9 Å². The summed E-state index contributed by atoms with van der Waals surface area (Å²) in [5.41, 5.74) is 2.70. The van der Waals surface area contributed by atoms with Gasteiger partial charge in [0.1, 0.15) is 11.6 Å². The summed E-state index contributed by atoms with van der Waals surface area (Å²) in [4.78, 5) is 20.2. The molecule has 0 aliphatic carbocycles. The quantitative estimate of drug-likeness (QED) is 0.333. The minimum Gasteiger partial charge on any atom is -0.342 e. The molecule has 1 amide bonds. The molecule has 34 heavy (non-hydrogen) atoms. The Bertz CT molecular complexity index is 1490. The molecule has 0 saturated heterocycles. The van der Waals surface area contributed by atoms with Gasteiger partial charge in [0.15, 0.2) is 0 Å². The van der Waals surface area contributed by atoms with Crippen molar-refractivity contribution in [3.05, 3.63) is 89.5 Å². The number of nitrogens with zero attached hydrogens (tertiary/aromatic N) is 2. The van der Waals surface area contributed by atoms with Crippen molar-refractivity contribution in [3.63, 3.8) is 0 Å². The van der Waals surface area contributed by atoms with Crippen LogP contribution in [0.2, 0.25) is 0 Å². The first-order valence-corrected chi connectivity index (χ1v) is 11.8. The van der Waals surface area contributed by atoms with Crippen molar-refractivity contribution in [1.82, 2.24) is 14.7 Å². The van der Waals surface area contributed by atoms with Crippen LogP contribution in [-0.4, -0.2) is 30.8 Å². The van der Waals surface area contributed by atoms with Gasteiger partial charge in [0, 0.05) is 30.6 Å². The molecule has 0 saturated carbocycles. The normalized spacial score (nSPS) is 11.3. The number of sulfonamides is 1. The lowest BCUT2D eigenvalue weighted by Gasteiger charge is -2.08. The average molecular weight is 478 g/mol. The van der Waals surface area contributed by atoms with Gasteiger partial charge >= 0.3 is 0 Å². The summed E-state index contributed by atoms with van der Waals surface area (Å²) < 4.78 is 40.6. The van der Waals surface area contributed by atoms with Gasteiger partial charge in [0.05, 0.1) is 22.0 Å². The van der Waals surface area contributed by atoms with E-state index in [1.807, 2.05) is 6.07 Å². The molecule has 0 fully saturated rings. The molecule has 0 atom stereocenters. The van der Waals surface area contributed by atoms with Crippen molar-refractivity contribution in [2.45, 2.75) is 17.7 Å². The van der Waals surface area contributed by atoms with Gasteiger partial charge in [-0.25, -0.2) is 22.5 Å². The average Bonchev–Trinajstić information content (AvgIpc) is 3.22. The fourth-order valence-corrected chi connectivity index (χ4v) is 4.39. The van der Waals surface area contributed by atoms with Crippen LogP contribution in [0.15, 0.2) is 71.6 Å². The molecule has 0 spiro atoms. The summed E-state index contributed by atoms with van der Waals surface area (Å²) in [6, 6.07) is 19.0. The van der Waals surface area contributed by atoms with E-state index in [1.54, 1.807) is 36.4 Å². The fourth-order valence-electron chi connectivity index (χ4n) is 3.36. The number of aromatic nitrogens is 2. The largest absolute Gasteiger partial charge is 0.342 e. The Morgan fingerprint density at radius 2 is 1.85 bits per heavy atom. The van der Waals surface area contributed by atoms with E-state index in [0.29, 0.717) is 34.5 Å². The fraction of sp³-hybridized carbons (Fsp3) is 0.125. The van der Waals surface area contributed by atoms with Crippen molar-refractivity contribution in [3.8, 4) is 6.07 Å². The lowest BCUT2D eigenvalue weighted by atomic mass is 10.1. The van der Waals surface area contributed by atoms with Crippen molar-refractivity contribution in [2.75, 3.05) is 11.9 Å². The van der Waals surface area contributed by atoms with Gasteiger partial charge in [-0.2, -0.15) is 5.26 Å². The molecule has 3 aromatic carbocycles. The number of benzene rings is 3.